The van der Waals surface area contributed by atoms with Gasteiger partial charge in [0.05, 0.1) is 6.26 Å². The monoisotopic (exact) mass is 311 g/mol. The van der Waals surface area contributed by atoms with Crippen molar-refractivity contribution in [3.8, 4) is 5.75 Å². The first kappa shape index (κ1) is 16.5. The van der Waals surface area contributed by atoms with Crippen molar-refractivity contribution in [3.05, 3.63) is 54.0 Å². The van der Waals surface area contributed by atoms with Crippen LogP contribution in [0.2, 0.25) is 0 Å². The molecule has 2 aromatic rings. The predicted octanol–water partition coefficient (Wildman–Crippen LogP) is 3.44. The van der Waals surface area contributed by atoms with Gasteiger partial charge in [0.15, 0.2) is 0 Å². The molecule has 22 heavy (non-hydrogen) atoms. The number of benzene rings is 1. The molecule has 0 unspecified atom stereocenters. The normalized spacial score (nSPS) is 15.5. The molecule has 6 heteroatoms. The van der Waals surface area contributed by atoms with Crippen LogP contribution in [0.5, 0.6) is 5.75 Å². The molecule has 0 saturated heterocycles. The summed E-state index contributed by atoms with van der Waals surface area (Å²) in [4.78, 5) is 0. The second kappa shape index (κ2) is 6.89. The third kappa shape index (κ3) is 4.29. The molecule has 2 atom stereocenters. The van der Waals surface area contributed by atoms with E-state index in [1.54, 1.807) is 37.3 Å². The maximum Gasteiger partial charge on any atom is 0.387 e. The molecule has 0 aliphatic rings. The summed E-state index contributed by atoms with van der Waals surface area (Å²) in [5.74, 6) is 0.570. The Balaban J connectivity index is 1.99. The molecule has 0 saturated carbocycles. The fourth-order valence-electron chi connectivity index (χ4n) is 2.10. The van der Waals surface area contributed by atoms with E-state index in [-0.39, 0.29) is 18.3 Å². The molecule has 2 N–H and O–H groups in total. The zero-order valence-corrected chi connectivity index (χ0v) is 12.4. The lowest BCUT2D eigenvalue weighted by Gasteiger charge is -2.24. The Bertz CT molecular complexity index is 585. The maximum absolute atomic E-state index is 12.2. The van der Waals surface area contributed by atoms with E-state index in [9.17, 15) is 13.9 Å². The highest BCUT2D eigenvalue weighted by Gasteiger charge is 2.26. The van der Waals surface area contributed by atoms with Gasteiger partial charge in [0, 0.05) is 12.6 Å². The predicted molar refractivity (Wildman–Crippen MR) is 77.8 cm³/mol. The summed E-state index contributed by atoms with van der Waals surface area (Å²) in [5.41, 5.74) is -0.372. The Labute approximate surface area is 127 Å². The summed E-state index contributed by atoms with van der Waals surface area (Å²) in [6, 6.07) is 9.73. The third-order valence-corrected chi connectivity index (χ3v) is 3.39. The van der Waals surface area contributed by atoms with Gasteiger partial charge in [-0.05, 0) is 43.7 Å². The lowest BCUT2D eigenvalue weighted by molar-refractivity contribution is -0.0499. The van der Waals surface area contributed by atoms with Crippen molar-refractivity contribution < 1.29 is 23.0 Å². The first-order chi connectivity index (χ1) is 10.4. The molecule has 4 nitrogen and oxygen atoms in total. The summed E-state index contributed by atoms with van der Waals surface area (Å²) in [5, 5.41) is 13.5. The van der Waals surface area contributed by atoms with Crippen molar-refractivity contribution in [1.82, 2.24) is 5.32 Å². The van der Waals surface area contributed by atoms with Crippen LogP contribution in [0.3, 0.4) is 0 Å². The van der Waals surface area contributed by atoms with Gasteiger partial charge in [-0.2, -0.15) is 8.78 Å². The van der Waals surface area contributed by atoms with E-state index in [0.717, 1.165) is 5.56 Å². The zero-order valence-electron chi connectivity index (χ0n) is 12.4. The number of halogens is 2. The minimum absolute atomic E-state index is 0.110. The molecule has 1 aromatic carbocycles. The van der Waals surface area contributed by atoms with Crippen LogP contribution in [0.1, 0.15) is 31.2 Å². The first-order valence-electron chi connectivity index (χ1n) is 6.93. The molecule has 2 rings (SSSR count). The topological polar surface area (TPSA) is 54.6 Å². The Kier molecular flexibility index (Phi) is 5.15. The Morgan fingerprint density at radius 3 is 2.73 bits per heavy atom. The second-order valence-corrected chi connectivity index (χ2v) is 5.30. The fraction of sp³-hybridized carbons (Fsp3) is 0.375. The van der Waals surface area contributed by atoms with Crippen LogP contribution in [-0.4, -0.2) is 18.3 Å². The highest BCUT2D eigenvalue weighted by atomic mass is 19.3. The van der Waals surface area contributed by atoms with Gasteiger partial charge < -0.3 is 19.6 Å². The Morgan fingerprint density at radius 2 is 2.09 bits per heavy atom. The number of nitrogens with one attached hydrogen (secondary N) is 1. The van der Waals surface area contributed by atoms with Crippen LogP contribution in [0.25, 0.3) is 0 Å². The van der Waals surface area contributed by atoms with E-state index < -0.39 is 12.2 Å². The highest BCUT2D eigenvalue weighted by molar-refractivity contribution is 5.30. The van der Waals surface area contributed by atoms with E-state index in [2.05, 4.69) is 10.1 Å². The standard InChI is InChI=1S/C16H19F2NO3/c1-11(12-5-3-6-13(9-12)22-15(17)18)19-10-16(2,20)14-7-4-8-21-14/h3-9,11,15,19-20H,10H2,1-2H3/t11-,16-/m0/s1. The van der Waals surface area contributed by atoms with Crippen molar-refractivity contribution in [1.29, 1.82) is 0 Å². The molecule has 1 heterocycles. The molecule has 0 radical (unpaired) electrons. The van der Waals surface area contributed by atoms with Crippen molar-refractivity contribution >= 4 is 0 Å². The van der Waals surface area contributed by atoms with Gasteiger partial charge in [0.1, 0.15) is 17.1 Å². The van der Waals surface area contributed by atoms with Crippen LogP contribution >= 0.6 is 0 Å². The Hall–Kier alpha value is -1.92. The molecule has 0 aliphatic carbocycles. The van der Waals surface area contributed by atoms with Crippen LogP contribution in [0.4, 0.5) is 8.78 Å². The average Bonchev–Trinajstić information content (AvgIpc) is 2.99. The summed E-state index contributed by atoms with van der Waals surface area (Å²) in [7, 11) is 0. The van der Waals surface area contributed by atoms with E-state index in [1.807, 2.05) is 6.92 Å². The molecular formula is C16H19F2NO3. The van der Waals surface area contributed by atoms with Crippen molar-refractivity contribution in [2.75, 3.05) is 6.54 Å². The highest BCUT2D eigenvalue weighted by Crippen LogP contribution is 2.23. The Morgan fingerprint density at radius 1 is 1.32 bits per heavy atom. The van der Waals surface area contributed by atoms with Crippen molar-refractivity contribution in [2.45, 2.75) is 32.1 Å². The molecular weight excluding hydrogens is 292 g/mol. The molecule has 0 bridgehead atoms. The van der Waals surface area contributed by atoms with Gasteiger partial charge in [-0.25, -0.2) is 0 Å². The zero-order chi connectivity index (χ0) is 16.2. The average molecular weight is 311 g/mol. The maximum atomic E-state index is 12.2. The fourth-order valence-corrected chi connectivity index (χ4v) is 2.10. The molecule has 120 valence electrons. The van der Waals surface area contributed by atoms with Crippen LogP contribution < -0.4 is 10.1 Å². The number of alkyl halides is 2. The second-order valence-electron chi connectivity index (χ2n) is 5.30. The lowest BCUT2D eigenvalue weighted by atomic mass is 10.0. The number of aliphatic hydroxyl groups is 1. The molecule has 0 spiro atoms. The van der Waals surface area contributed by atoms with E-state index in [0.29, 0.717) is 5.76 Å². The largest absolute Gasteiger partial charge is 0.466 e. The van der Waals surface area contributed by atoms with Crippen LogP contribution in [0, 0.1) is 0 Å². The molecule has 0 fully saturated rings. The van der Waals surface area contributed by atoms with E-state index in [1.165, 1.54) is 12.3 Å². The van der Waals surface area contributed by atoms with Gasteiger partial charge >= 0.3 is 6.61 Å². The van der Waals surface area contributed by atoms with Crippen LogP contribution in [0.15, 0.2) is 47.1 Å². The van der Waals surface area contributed by atoms with Gasteiger partial charge in [-0.3, -0.25) is 0 Å². The van der Waals surface area contributed by atoms with Gasteiger partial charge in [0.2, 0.25) is 0 Å². The lowest BCUT2D eigenvalue weighted by Crippen LogP contribution is -2.36. The van der Waals surface area contributed by atoms with Gasteiger partial charge in [-0.15, -0.1) is 0 Å². The first-order valence-corrected chi connectivity index (χ1v) is 6.93. The third-order valence-electron chi connectivity index (χ3n) is 3.39. The van der Waals surface area contributed by atoms with Crippen molar-refractivity contribution in [3.63, 3.8) is 0 Å². The van der Waals surface area contributed by atoms with E-state index in [4.69, 9.17) is 4.42 Å². The molecule has 0 aliphatic heterocycles. The number of furan rings is 1. The summed E-state index contributed by atoms with van der Waals surface area (Å²) in [6.45, 7) is 0.918. The number of ether oxygens (including phenoxy) is 1. The smallest absolute Gasteiger partial charge is 0.387 e. The SMILES string of the molecule is C[C@H](NC[C@](C)(O)c1ccco1)c1cccc(OC(F)F)c1. The number of rotatable bonds is 7. The minimum atomic E-state index is -2.85. The minimum Gasteiger partial charge on any atom is -0.466 e. The van der Waals surface area contributed by atoms with E-state index >= 15 is 0 Å². The summed E-state index contributed by atoms with van der Waals surface area (Å²) in [6.07, 6.45) is 1.50. The van der Waals surface area contributed by atoms with Gasteiger partial charge in [0.25, 0.3) is 0 Å². The van der Waals surface area contributed by atoms with Crippen LogP contribution in [-0.2, 0) is 5.60 Å². The quantitative estimate of drug-likeness (QED) is 0.822. The number of hydrogen-bond acceptors (Lipinski definition) is 4. The van der Waals surface area contributed by atoms with Gasteiger partial charge in [-0.1, -0.05) is 12.1 Å². The molecule has 1 aromatic heterocycles. The molecule has 0 amide bonds. The summed E-state index contributed by atoms with van der Waals surface area (Å²) < 4.78 is 34.1. The summed E-state index contributed by atoms with van der Waals surface area (Å²) >= 11 is 0. The van der Waals surface area contributed by atoms with Crippen molar-refractivity contribution in [2.24, 2.45) is 0 Å². The number of hydrogen-bond donors (Lipinski definition) is 2.